The molecule has 25 heavy (non-hydrogen) atoms. The summed E-state index contributed by atoms with van der Waals surface area (Å²) >= 11 is 1.23. The molecule has 0 fully saturated rings. The Kier molecular flexibility index (Phi) is 4.81. The van der Waals surface area contributed by atoms with Crippen molar-refractivity contribution in [3.63, 3.8) is 0 Å². The molecule has 0 unspecified atom stereocenters. The van der Waals surface area contributed by atoms with Crippen LogP contribution in [0.4, 0.5) is 10.1 Å². The molecular weight excluding hydrogens is 339 g/mol. The van der Waals surface area contributed by atoms with Gasteiger partial charge >= 0.3 is 0 Å². The summed E-state index contributed by atoms with van der Waals surface area (Å²) in [5.41, 5.74) is 6.93. The van der Waals surface area contributed by atoms with Crippen LogP contribution in [0.25, 0.3) is 10.1 Å². The first kappa shape index (κ1) is 17.1. The monoisotopic (exact) mass is 356 g/mol. The van der Waals surface area contributed by atoms with E-state index in [1.807, 2.05) is 25.1 Å². The van der Waals surface area contributed by atoms with Gasteiger partial charge in [-0.1, -0.05) is 18.2 Å². The largest absolute Gasteiger partial charge is 0.370 e. The van der Waals surface area contributed by atoms with Crippen molar-refractivity contribution in [2.45, 2.75) is 13.3 Å². The lowest BCUT2D eigenvalue weighted by atomic mass is 10.2. The van der Waals surface area contributed by atoms with Crippen LogP contribution in [0.15, 0.2) is 48.5 Å². The molecule has 1 aromatic heterocycles. The molecule has 3 aromatic rings. The standard InChI is InChI=1S/C19H17FN2O2S/c1-12-4-2-5-13(10-12)22(9-8-18(21)23)19(24)17-11-14-15(20)6-3-7-16(14)25-17/h2-7,10-11H,8-9H2,1H3,(H2,21,23). The lowest BCUT2D eigenvalue weighted by Crippen LogP contribution is -2.33. The van der Waals surface area contributed by atoms with Gasteiger partial charge in [0.1, 0.15) is 5.82 Å². The lowest BCUT2D eigenvalue weighted by molar-refractivity contribution is -0.117. The van der Waals surface area contributed by atoms with Crippen molar-refractivity contribution in [2.24, 2.45) is 5.73 Å². The first-order valence-electron chi connectivity index (χ1n) is 7.80. The van der Waals surface area contributed by atoms with Gasteiger partial charge in [0.15, 0.2) is 0 Å². The Labute approximate surface area is 148 Å². The van der Waals surface area contributed by atoms with E-state index in [4.69, 9.17) is 5.73 Å². The van der Waals surface area contributed by atoms with E-state index in [2.05, 4.69) is 0 Å². The van der Waals surface area contributed by atoms with Gasteiger partial charge in [-0.05, 0) is 42.8 Å². The maximum atomic E-state index is 13.9. The van der Waals surface area contributed by atoms with E-state index in [0.717, 1.165) is 5.56 Å². The van der Waals surface area contributed by atoms with Gasteiger partial charge in [-0.2, -0.15) is 0 Å². The van der Waals surface area contributed by atoms with Crippen LogP contribution in [0.2, 0.25) is 0 Å². The number of amides is 2. The maximum absolute atomic E-state index is 13.9. The summed E-state index contributed by atoms with van der Waals surface area (Å²) in [6, 6.07) is 13.8. The topological polar surface area (TPSA) is 63.4 Å². The zero-order chi connectivity index (χ0) is 18.0. The average Bonchev–Trinajstić information content (AvgIpc) is 3.00. The number of carbonyl (C=O) groups is 2. The van der Waals surface area contributed by atoms with E-state index >= 15 is 0 Å². The molecule has 0 aliphatic heterocycles. The first-order valence-corrected chi connectivity index (χ1v) is 8.62. The van der Waals surface area contributed by atoms with Crippen LogP contribution < -0.4 is 10.6 Å². The van der Waals surface area contributed by atoms with Gasteiger partial charge in [0.2, 0.25) is 5.91 Å². The number of rotatable bonds is 5. The summed E-state index contributed by atoms with van der Waals surface area (Å²) in [7, 11) is 0. The third-order valence-electron chi connectivity index (χ3n) is 3.86. The van der Waals surface area contributed by atoms with E-state index in [-0.39, 0.29) is 24.7 Å². The fraction of sp³-hybridized carbons (Fsp3) is 0.158. The number of nitrogens with two attached hydrogens (primary N) is 1. The Morgan fingerprint density at radius 1 is 1.16 bits per heavy atom. The lowest BCUT2D eigenvalue weighted by Gasteiger charge is -2.22. The summed E-state index contributed by atoms with van der Waals surface area (Å²) in [4.78, 5) is 26.1. The van der Waals surface area contributed by atoms with Crippen molar-refractivity contribution in [1.82, 2.24) is 0 Å². The van der Waals surface area contributed by atoms with Crippen molar-refractivity contribution in [2.75, 3.05) is 11.4 Å². The summed E-state index contributed by atoms with van der Waals surface area (Å²) in [5, 5.41) is 0.426. The Morgan fingerprint density at radius 3 is 2.60 bits per heavy atom. The second kappa shape index (κ2) is 7.03. The minimum Gasteiger partial charge on any atom is -0.370 e. The molecule has 6 heteroatoms. The SMILES string of the molecule is Cc1cccc(N(CCC(N)=O)C(=O)c2cc3c(F)cccc3s2)c1. The minimum absolute atomic E-state index is 0.0545. The highest BCUT2D eigenvalue weighted by molar-refractivity contribution is 7.20. The number of halogens is 1. The number of fused-ring (bicyclic) bond motifs is 1. The number of hydrogen-bond acceptors (Lipinski definition) is 3. The van der Waals surface area contributed by atoms with Crippen LogP contribution in [0, 0.1) is 12.7 Å². The molecule has 0 saturated carbocycles. The quantitative estimate of drug-likeness (QED) is 0.754. The number of primary amides is 1. The Bertz CT molecular complexity index is 952. The third kappa shape index (κ3) is 3.69. The van der Waals surface area contributed by atoms with Crippen LogP contribution in [-0.4, -0.2) is 18.4 Å². The highest BCUT2D eigenvalue weighted by Crippen LogP contribution is 2.30. The second-order valence-electron chi connectivity index (χ2n) is 5.77. The molecule has 2 N–H and O–H groups in total. The van der Waals surface area contributed by atoms with Gasteiger partial charge in [0.05, 0.1) is 4.88 Å². The highest BCUT2D eigenvalue weighted by Gasteiger charge is 2.21. The smallest absolute Gasteiger partial charge is 0.268 e. The Balaban J connectivity index is 1.99. The van der Waals surface area contributed by atoms with Gasteiger partial charge in [0, 0.05) is 28.7 Å². The predicted octanol–water partition coefficient (Wildman–Crippen LogP) is 3.87. The van der Waals surface area contributed by atoms with E-state index in [9.17, 15) is 14.0 Å². The van der Waals surface area contributed by atoms with Crippen LogP contribution in [-0.2, 0) is 4.79 Å². The highest BCUT2D eigenvalue weighted by atomic mass is 32.1. The molecule has 0 spiro atoms. The van der Waals surface area contributed by atoms with Crippen LogP contribution >= 0.6 is 11.3 Å². The van der Waals surface area contributed by atoms with E-state index in [1.165, 1.54) is 22.3 Å². The number of aryl methyl sites for hydroxylation is 1. The van der Waals surface area contributed by atoms with Crippen LogP contribution in [0.3, 0.4) is 0 Å². The number of anilines is 1. The molecule has 0 radical (unpaired) electrons. The van der Waals surface area contributed by atoms with Crippen LogP contribution in [0.1, 0.15) is 21.7 Å². The Morgan fingerprint density at radius 2 is 1.92 bits per heavy atom. The van der Waals surface area contributed by atoms with E-state index in [1.54, 1.807) is 24.3 Å². The summed E-state index contributed by atoms with van der Waals surface area (Å²) in [6.45, 7) is 2.10. The number of carbonyl (C=O) groups excluding carboxylic acids is 2. The summed E-state index contributed by atoms with van der Waals surface area (Å²) < 4.78 is 14.6. The maximum Gasteiger partial charge on any atom is 0.268 e. The van der Waals surface area contributed by atoms with E-state index in [0.29, 0.717) is 20.7 Å². The van der Waals surface area contributed by atoms with Crippen molar-refractivity contribution in [3.8, 4) is 0 Å². The van der Waals surface area contributed by atoms with Crippen LogP contribution in [0.5, 0.6) is 0 Å². The van der Waals surface area contributed by atoms with Gasteiger partial charge < -0.3 is 10.6 Å². The second-order valence-corrected chi connectivity index (χ2v) is 6.86. The van der Waals surface area contributed by atoms with E-state index < -0.39 is 5.91 Å². The molecule has 0 aliphatic carbocycles. The van der Waals surface area contributed by atoms with Crippen molar-refractivity contribution in [1.29, 1.82) is 0 Å². The molecule has 0 aliphatic rings. The number of nitrogens with zero attached hydrogens (tertiary/aromatic N) is 1. The fourth-order valence-electron chi connectivity index (χ4n) is 2.63. The van der Waals surface area contributed by atoms with Gasteiger partial charge in [-0.15, -0.1) is 11.3 Å². The number of benzene rings is 2. The van der Waals surface area contributed by atoms with Crippen molar-refractivity contribution in [3.05, 3.63) is 64.8 Å². The van der Waals surface area contributed by atoms with Gasteiger partial charge in [-0.3, -0.25) is 9.59 Å². The molecule has 0 atom stereocenters. The zero-order valence-electron chi connectivity index (χ0n) is 13.7. The molecule has 3 rings (SSSR count). The minimum atomic E-state index is -0.479. The Hall–Kier alpha value is -2.73. The molecule has 128 valence electrons. The average molecular weight is 356 g/mol. The first-order chi connectivity index (χ1) is 12.0. The molecule has 4 nitrogen and oxygen atoms in total. The van der Waals surface area contributed by atoms with Crippen molar-refractivity contribution >= 4 is 38.9 Å². The van der Waals surface area contributed by atoms with Gasteiger partial charge in [0.25, 0.3) is 5.91 Å². The number of thiophene rings is 1. The fourth-order valence-corrected chi connectivity index (χ4v) is 3.65. The number of hydrogen-bond donors (Lipinski definition) is 1. The van der Waals surface area contributed by atoms with Crippen molar-refractivity contribution < 1.29 is 14.0 Å². The predicted molar refractivity (Wildman–Crippen MR) is 98.4 cm³/mol. The molecular formula is C19H17FN2O2S. The normalized spacial score (nSPS) is 10.8. The van der Waals surface area contributed by atoms with Gasteiger partial charge in [-0.25, -0.2) is 4.39 Å². The zero-order valence-corrected chi connectivity index (χ0v) is 14.5. The molecule has 2 amide bonds. The summed E-state index contributed by atoms with van der Waals surface area (Å²) in [5.74, 6) is -1.10. The molecule has 1 heterocycles. The molecule has 0 bridgehead atoms. The molecule has 0 saturated heterocycles. The summed E-state index contributed by atoms with van der Waals surface area (Å²) in [6.07, 6.45) is 0.0545. The third-order valence-corrected chi connectivity index (χ3v) is 4.95. The molecule has 2 aromatic carbocycles.